The average Bonchev–Trinajstić information content (AvgIpc) is 3.80. The third-order valence-electron chi connectivity index (χ3n) is 7.71. The van der Waals surface area contributed by atoms with Gasteiger partial charge in [-0.2, -0.15) is 0 Å². The Kier molecular flexibility index (Phi) is 17.3. The molecule has 0 atom stereocenters. The number of nitrogens with one attached hydrogen (secondary N) is 3. The highest BCUT2D eigenvalue weighted by atomic mass is 35.5. The fourth-order valence-corrected chi connectivity index (χ4v) is 4.91. The average molecular weight is 825 g/mol. The van der Waals surface area contributed by atoms with Crippen LogP contribution in [0.25, 0.3) is 0 Å². The zero-order valence-corrected chi connectivity index (χ0v) is 35.0. The molecular formula is C40H53ClN8O9. The number of rotatable bonds is 16. The van der Waals surface area contributed by atoms with Crippen molar-refractivity contribution in [3.8, 4) is 34.8 Å². The van der Waals surface area contributed by atoms with E-state index < -0.39 is 11.7 Å². The molecule has 18 heteroatoms. The number of nitrogens with zero attached hydrogens (tertiary/aromatic N) is 4. The first kappa shape index (κ1) is 46.1. The van der Waals surface area contributed by atoms with Gasteiger partial charge in [-0.15, -0.1) is 27.3 Å². The predicted octanol–water partition coefficient (Wildman–Crippen LogP) is 6.50. The van der Waals surface area contributed by atoms with Crippen molar-refractivity contribution in [1.82, 2.24) is 24.9 Å². The molecule has 2 aromatic heterocycles. The van der Waals surface area contributed by atoms with E-state index in [4.69, 9.17) is 38.9 Å². The highest BCUT2D eigenvalue weighted by Gasteiger charge is 2.21. The topological polar surface area (TPSA) is 199 Å². The summed E-state index contributed by atoms with van der Waals surface area (Å²) in [7, 11) is 10.4. The summed E-state index contributed by atoms with van der Waals surface area (Å²) in [6.45, 7) is 7.52. The minimum Gasteiger partial charge on any atom is -0.497 e. The molecule has 1 amide bonds. The number of H-pyrrole nitrogens is 1. The summed E-state index contributed by atoms with van der Waals surface area (Å²) >= 11 is 0. The molecular weight excluding hydrogens is 772 g/mol. The lowest BCUT2D eigenvalue weighted by atomic mass is 10.2. The van der Waals surface area contributed by atoms with E-state index in [0.29, 0.717) is 40.3 Å². The van der Waals surface area contributed by atoms with Gasteiger partial charge in [-0.25, -0.2) is 4.79 Å². The van der Waals surface area contributed by atoms with E-state index in [1.807, 2.05) is 50.5 Å². The molecule has 0 aliphatic rings. The molecule has 0 radical (unpaired) electrons. The van der Waals surface area contributed by atoms with Gasteiger partial charge in [-0.1, -0.05) is 0 Å². The summed E-state index contributed by atoms with van der Waals surface area (Å²) in [5.74, 6) is 3.57. The maximum Gasteiger partial charge on any atom is 0.437 e. The Labute approximate surface area is 344 Å². The molecule has 3 aromatic carbocycles. The number of likely N-dealkylation sites (N-methyl/N-ethyl adjacent to an activating group) is 1. The Hall–Kier alpha value is -6.33. The van der Waals surface area contributed by atoms with Gasteiger partial charge in [0.15, 0.2) is 0 Å². The molecule has 0 saturated heterocycles. The molecule has 0 aliphatic carbocycles. The van der Waals surface area contributed by atoms with E-state index in [1.54, 1.807) is 79.5 Å². The monoisotopic (exact) mass is 824 g/mol. The highest BCUT2D eigenvalue weighted by molar-refractivity contribution is 6.04. The first-order chi connectivity index (χ1) is 27.2. The number of aromatic nitrogens is 4. The molecule has 0 aliphatic heterocycles. The summed E-state index contributed by atoms with van der Waals surface area (Å²) in [5, 5.41) is 17.0. The first-order valence-corrected chi connectivity index (χ1v) is 17.8. The third kappa shape index (κ3) is 14.6. The Bertz CT molecular complexity index is 2020. The van der Waals surface area contributed by atoms with Gasteiger partial charge < -0.3 is 54.4 Å². The van der Waals surface area contributed by atoms with E-state index >= 15 is 0 Å². The maximum atomic E-state index is 12.5. The fourth-order valence-electron chi connectivity index (χ4n) is 4.91. The smallest absolute Gasteiger partial charge is 0.437 e. The summed E-state index contributed by atoms with van der Waals surface area (Å²) in [5.41, 5.74) is 8.36. The van der Waals surface area contributed by atoms with Gasteiger partial charge >= 0.3 is 6.09 Å². The van der Waals surface area contributed by atoms with Crippen molar-refractivity contribution in [1.29, 1.82) is 0 Å². The molecule has 2 heterocycles. The second-order valence-corrected chi connectivity index (χ2v) is 13.7. The lowest BCUT2D eigenvalue weighted by Gasteiger charge is -2.19. The van der Waals surface area contributed by atoms with E-state index in [-0.39, 0.29) is 43.2 Å². The summed E-state index contributed by atoms with van der Waals surface area (Å²) in [6.07, 6.45) is -0.664. The van der Waals surface area contributed by atoms with E-state index in [1.165, 1.54) is 6.07 Å². The van der Waals surface area contributed by atoms with E-state index in [9.17, 15) is 9.59 Å². The van der Waals surface area contributed by atoms with Crippen LogP contribution in [0, 0.1) is 0 Å². The van der Waals surface area contributed by atoms with E-state index in [0.717, 1.165) is 34.6 Å². The van der Waals surface area contributed by atoms with Gasteiger partial charge in [0.05, 0.1) is 28.4 Å². The second-order valence-electron chi connectivity index (χ2n) is 13.7. The molecule has 0 fully saturated rings. The van der Waals surface area contributed by atoms with Gasteiger partial charge in [0.1, 0.15) is 53.4 Å². The number of nitrogen functional groups attached to an aromatic ring is 1. The summed E-state index contributed by atoms with van der Waals surface area (Å²) < 4.78 is 38.5. The Morgan fingerprint density at radius 2 is 1.29 bits per heavy atom. The van der Waals surface area contributed by atoms with Crippen molar-refractivity contribution in [2.75, 3.05) is 72.0 Å². The normalized spacial score (nSPS) is 10.7. The number of hydrogen-bond acceptors (Lipinski definition) is 14. The van der Waals surface area contributed by atoms with Crippen LogP contribution >= 0.6 is 12.4 Å². The first-order valence-electron chi connectivity index (χ1n) is 17.8. The number of carbonyl (C=O) groups excluding carboxylic acids is 2. The van der Waals surface area contributed by atoms with Crippen LogP contribution in [0.1, 0.15) is 42.3 Å². The van der Waals surface area contributed by atoms with Gasteiger partial charge in [-0.05, 0) is 94.5 Å². The minimum atomic E-state index is -0.664. The second kappa shape index (κ2) is 21.8. The number of methoxy groups -OCH3 is 4. The Morgan fingerprint density at radius 3 is 1.78 bits per heavy atom. The molecule has 5 N–H and O–H groups in total. The molecule has 0 bridgehead atoms. The standard InChI is InChI=1S/C23H29N5O4.C17H23N3O5.ClH/c1-28(2)10-9-24-18-7-5-17(6-8-18)23(29)25-21-14-22(27-26-21)32-15-16-11-19(30-3)13-20(12-16)31-4;1-17(2,3)25-16(21)20-14(18)9-15(19-20)24-10-11-6-12(22-4)8-13(7-11)23-5;/h5-8,11-14,24H,9-10,15H2,1-4H3,(H2,25,26,27,29);6-9H,10,18H2,1-5H3;1H. The van der Waals surface area contributed by atoms with Crippen molar-refractivity contribution in [2.24, 2.45) is 0 Å². The fraction of sp³-hybridized carbons (Fsp3) is 0.350. The zero-order valence-electron chi connectivity index (χ0n) is 34.2. The molecule has 5 rings (SSSR count). The van der Waals surface area contributed by atoms with Crippen molar-refractivity contribution < 1.29 is 42.7 Å². The van der Waals surface area contributed by atoms with Crippen LogP contribution in [-0.2, 0) is 18.0 Å². The molecule has 314 valence electrons. The maximum absolute atomic E-state index is 12.5. The van der Waals surface area contributed by atoms with Gasteiger partial charge in [0, 0.05) is 48.6 Å². The van der Waals surface area contributed by atoms with Crippen LogP contribution in [0.15, 0.2) is 72.8 Å². The van der Waals surface area contributed by atoms with Gasteiger partial charge in [0.2, 0.25) is 11.8 Å². The quantitative estimate of drug-likeness (QED) is 0.0841. The van der Waals surface area contributed by atoms with Crippen LogP contribution < -0.4 is 44.8 Å². The van der Waals surface area contributed by atoms with Gasteiger partial charge in [0.25, 0.3) is 5.91 Å². The lowest BCUT2D eigenvalue weighted by Crippen LogP contribution is -2.28. The molecule has 0 spiro atoms. The molecule has 17 nitrogen and oxygen atoms in total. The number of halogens is 1. The Morgan fingerprint density at radius 1 is 0.776 bits per heavy atom. The van der Waals surface area contributed by atoms with Crippen LogP contribution in [0.2, 0.25) is 0 Å². The lowest BCUT2D eigenvalue weighted by molar-refractivity contribution is 0.0515. The van der Waals surface area contributed by atoms with Gasteiger partial charge in [-0.3, -0.25) is 9.89 Å². The molecule has 0 unspecified atom stereocenters. The minimum absolute atomic E-state index is 0. The predicted molar refractivity (Wildman–Crippen MR) is 223 cm³/mol. The molecule has 5 aromatic rings. The van der Waals surface area contributed by atoms with Crippen molar-refractivity contribution in [3.63, 3.8) is 0 Å². The number of anilines is 3. The number of aromatic amines is 1. The number of amides is 1. The third-order valence-corrected chi connectivity index (χ3v) is 7.71. The Balaban J connectivity index is 0.000000314. The molecule has 58 heavy (non-hydrogen) atoms. The number of hydrogen-bond donors (Lipinski definition) is 4. The number of benzene rings is 3. The van der Waals surface area contributed by atoms with Crippen LogP contribution in [0.4, 0.5) is 22.1 Å². The number of nitrogens with two attached hydrogens (primary N) is 1. The highest BCUT2D eigenvalue weighted by Crippen LogP contribution is 2.26. The number of ether oxygens (including phenoxy) is 7. The van der Waals surface area contributed by atoms with Crippen molar-refractivity contribution in [2.45, 2.75) is 39.6 Å². The van der Waals surface area contributed by atoms with Crippen LogP contribution in [0.5, 0.6) is 34.8 Å². The van der Waals surface area contributed by atoms with Crippen LogP contribution in [0.3, 0.4) is 0 Å². The van der Waals surface area contributed by atoms with Crippen LogP contribution in [-0.4, -0.2) is 98.1 Å². The SMILES string of the molecule is COc1cc(COc2cc(N)n(C(=O)OC(C)(C)C)n2)cc(OC)c1.COc1cc(COc2cc(NC(=O)c3ccc(NCCN(C)C)cc3)[nH]n2)cc(OC)c1.Cl. The largest absolute Gasteiger partial charge is 0.497 e. The number of carbonyl (C=O) groups is 2. The summed E-state index contributed by atoms with van der Waals surface area (Å²) in [4.78, 5) is 26.7. The van der Waals surface area contributed by atoms with Crippen molar-refractivity contribution in [3.05, 3.63) is 89.5 Å². The zero-order chi connectivity index (χ0) is 41.5. The summed E-state index contributed by atoms with van der Waals surface area (Å²) in [6, 6.07) is 21.3. The van der Waals surface area contributed by atoms with Crippen molar-refractivity contribution >= 4 is 41.7 Å². The molecule has 0 saturated carbocycles. The van der Waals surface area contributed by atoms with E-state index in [2.05, 4.69) is 30.8 Å².